The predicted octanol–water partition coefficient (Wildman–Crippen LogP) is 5.24. The lowest BCUT2D eigenvalue weighted by Crippen LogP contribution is -2.25. The first kappa shape index (κ1) is 27.2. The van der Waals surface area contributed by atoms with Crippen LogP contribution in [0.15, 0.2) is 69.7 Å². The van der Waals surface area contributed by atoms with E-state index in [1.165, 1.54) is 0 Å². The van der Waals surface area contributed by atoms with Crippen LogP contribution in [0.3, 0.4) is 0 Å². The summed E-state index contributed by atoms with van der Waals surface area (Å²) in [6.07, 6.45) is 1.61. The molecule has 0 aliphatic rings. The third-order valence-electron chi connectivity index (χ3n) is 6.07. The molecule has 4 aromatic rings. The molecule has 0 saturated heterocycles. The molecule has 0 saturated carbocycles. The van der Waals surface area contributed by atoms with Crippen LogP contribution in [0.4, 0.5) is 0 Å². The van der Waals surface area contributed by atoms with E-state index >= 15 is 0 Å². The topological polar surface area (TPSA) is 84.3 Å². The van der Waals surface area contributed by atoms with Crippen LogP contribution >= 0.6 is 0 Å². The average Bonchev–Trinajstić information content (AvgIpc) is 3.62. The van der Waals surface area contributed by atoms with E-state index in [1.807, 2.05) is 60.7 Å². The Labute approximate surface area is 214 Å². The molecule has 2 heterocycles. The first-order valence-corrected chi connectivity index (χ1v) is 12.9. The predicted molar refractivity (Wildman–Crippen MR) is 142 cm³/mol. The van der Waals surface area contributed by atoms with Crippen LogP contribution in [-0.4, -0.2) is 69.3 Å². The number of nitrogens with zero attached hydrogens (tertiary/aromatic N) is 6. The fourth-order valence-corrected chi connectivity index (χ4v) is 3.71. The molecule has 0 radical (unpaired) electrons. The normalized spacial score (nSPS) is 11.1. The van der Waals surface area contributed by atoms with Crippen molar-refractivity contribution in [3.8, 4) is 22.8 Å². The van der Waals surface area contributed by atoms with Crippen LogP contribution in [-0.2, 0) is 12.8 Å². The summed E-state index contributed by atoms with van der Waals surface area (Å²) >= 11 is 0. The lowest BCUT2D eigenvalue weighted by molar-refractivity contribution is 0.287. The molecule has 0 atom stereocenters. The number of likely N-dealkylation sites (N-methyl/N-ethyl adjacent to an activating group) is 2. The van der Waals surface area contributed by atoms with E-state index in [4.69, 9.17) is 9.05 Å². The molecule has 0 bridgehead atoms. The maximum Gasteiger partial charge on any atom is 0.228 e. The van der Waals surface area contributed by atoms with Crippen LogP contribution in [0.1, 0.15) is 39.5 Å². The second kappa shape index (κ2) is 14.9. The molecule has 8 heteroatoms. The largest absolute Gasteiger partial charge is 0.339 e. The zero-order chi connectivity index (χ0) is 25.6. The highest BCUT2D eigenvalue weighted by Crippen LogP contribution is 2.16. The SMILES string of the molecule is CCN(CC)CCc1nc(-c2ccccc2)no1.CCN(CC)CCc1nc(-c2ccccc2)no1. The first-order chi connectivity index (χ1) is 17.7. The van der Waals surface area contributed by atoms with E-state index in [-0.39, 0.29) is 0 Å². The van der Waals surface area contributed by atoms with Gasteiger partial charge in [0.1, 0.15) is 0 Å². The summed E-state index contributed by atoms with van der Waals surface area (Å²) in [6, 6.07) is 19.8. The molecule has 0 amide bonds. The summed E-state index contributed by atoms with van der Waals surface area (Å²) in [5.41, 5.74) is 1.99. The van der Waals surface area contributed by atoms with E-state index in [9.17, 15) is 0 Å². The number of rotatable bonds is 12. The second-order valence-electron chi connectivity index (χ2n) is 8.31. The molecule has 0 aliphatic heterocycles. The zero-order valence-electron chi connectivity index (χ0n) is 21.9. The van der Waals surface area contributed by atoms with Gasteiger partial charge >= 0.3 is 0 Å². The van der Waals surface area contributed by atoms with Crippen molar-refractivity contribution in [2.75, 3.05) is 39.3 Å². The van der Waals surface area contributed by atoms with Crippen molar-refractivity contribution in [2.24, 2.45) is 0 Å². The quantitative estimate of drug-likeness (QED) is 0.266. The summed E-state index contributed by atoms with van der Waals surface area (Å²) in [5.74, 6) is 2.76. The van der Waals surface area contributed by atoms with E-state index in [0.29, 0.717) is 23.4 Å². The molecular formula is C28H38N6O2. The Morgan fingerprint density at radius 1 is 0.556 bits per heavy atom. The Morgan fingerprint density at radius 3 is 1.25 bits per heavy atom. The number of aromatic nitrogens is 4. The molecule has 4 rings (SSSR count). The minimum Gasteiger partial charge on any atom is -0.339 e. The summed E-state index contributed by atoms with van der Waals surface area (Å²) in [6.45, 7) is 14.8. The smallest absolute Gasteiger partial charge is 0.228 e. The average molecular weight is 491 g/mol. The molecule has 0 fully saturated rings. The zero-order valence-corrected chi connectivity index (χ0v) is 21.9. The van der Waals surface area contributed by atoms with Gasteiger partial charge in [0.25, 0.3) is 0 Å². The van der Waals surface area contributed by atoms with Gasteiger partial charge in [0, 0.05) is 37.1 Å². The summed E-state index contributed by atoms with van der Waals surface area (Å²) in [7, 11) is 0. The van der Waals surface area contributed by atoms with Crippen LogP contribution in [0.2, 0.25) is 0 Å². The lowest BCUT2D eigenvalue weighted by Gasteiger charge is -2.15. The Kier molecular flexibility index (Phi) is 11.3. The van der Waals surface area contributed by atoms with Crippen molar-refractivity contribution < 1.29 is 9.05 Å². The van der Waals surface area contributed by atoms with Gasteiger partial charge < -0.3 is 18.8 Å². The Balaban J connectivity index is 0.000000201. The molecule has 2 aromatic carbocycles. The molecule has 0 unspecified atom stereocenters. The van der Waals surface area contributed by atoms with Crippen molar-refractivity contribution in [1.29, 1.82) is 0 Å². The maximum absolute atomic E-state index is 5.27. The number of hydrogen-bond acceptors (Lipinski definition) is 8. The monoisotopic (exact) mass is 490 g/mol. The fourth-order valence-electron chi connectivity index (χ4n) is 3.71. The van der Waals surface area contributed by atoms with E-state index in [2.05, 4.69) is 57.8 Å². The van der Waals surface area contributed by atoms with Gasteiger partial charge in [-0.25, -0.2) is 0 Å². The van der Waals surface area contributed by atoms with Crippen molar-refractivity contribution in [1.82, 2.24) is 30.1 Å². The standard InChI is InChI=1S/2C14H19N3O/c2*1-3-17(4-2)11-10-13-15-14(16-18-13)12-8-6-5-7-9-12/h2*5-9H,3-4,10-11H2,1-2H3. The van der Waals surface area contributed by atoms with Crippen LogP contribution < -0.4 is 0 Å². The Morgan fingerprint density at radius 2 is 0.917 bits per heavy atom. The molecule has 192 valence electrons. The lowest BCUT2D eigenvalue weighted by atomic mass is 10.2. The number of hydrogen-bond donors (Lipinski definition) is 0. The van der Waals surface area contributed by atoms with Gasteiger partial charge in [-0.15, -0.1) is 0 Å². The molecule has 36 heavy (non-hydrogen) atoms. The van der Waals surface area contributed by atoms with Crippen LogP contribution in [0.25, 0.3) is 22.8 Å². The van der Waals surface area contributed by atoms with E-state index in [0.717, 1.165) is 63.2 Å². The minimum atomic E-state index is 0.671. The fraction of sp³-hybridized carbons (Fsp3) is 0.429. The highest BCUT2D eigenvalue weighted by Gasteiger charge is 2.10. The van der Waals surface area contributed by atoms with Gasteiger partial charge in [-0.3, -0.25) is 0 Å². The van der Waals surface area contributed by atoms with Gasteiger partial charge in [-0.1, -0.05) is 98.7 Å². The second-order valence-corrected chi connectivity index (χ2v) is 8.31. The Hall–Kier alpha value is -3.36. The van der Waals surface area contributed by atoms with Crippen LogP contribution in [0.5, 0.6) is 0 Å². The van der Waals surface area contributed by atoms with Gasteiger partial charge in [0.05, 0.1) is 0 Å². The van der Waals surface area contributed by atoms with Gasteiger partial charge in [-0.05, 0) is 26.2 Å². The highest BCUT2D eigenvalue weighted by molar-refractivity contribution is 5.54. The molecule has 8 nitrogen and oxygen atoms in total. The van der Waals surface area contributed by atoms with Crippen molar-refractivity contribution >= 4 is 0 Å². The summed E-state index contributed by atoms with van der Waals surface area (Å²) < 4.78 is 10.5. The van der Waals surface area contributed by atoms with E-state index < -0.39 is 0 Å². The van der Waals surface area contributed by atoms with Gasteiger partial charge in [0.15, 0.2) is 0 Å². The number of benzene rings is 2. The highest BCUT2D eigenvalue weighted by atomic mass is 16.5. The summed E-state index contributed by atoms with van der Waals surface area (Å²) in [5, 5.41) is 8.02. The van der Waals surface area contributed by atoms with Crippen molar-refractivity contribution in [3.05, 3.63) is 72.4 Å². The third kappa shape index (κ3) is 8.39. The van der Waals surface area contributed by atoms with Crippen molar-refractivity contribution in [3.63, 3.8) is 0 Å². The minimum absolute atomic E-state index is 0.671. The van der Waals surface area contributed by atoms with E-state index in [1.54, 1.807) is 0 Å². The Bertz CT molecular complexity index is 1020. The molecular weight excluding hydrogens is 452 g/mol. The maximum atomic E-state index is 5.27. The third-order valence-corrected chi connectivity index (χ3v) is 6.07. The molecule has 0 N–H and O–H groups in total. The first-order valence-electron chi connectivity index (χ1n) is 12.9. The van der Waals surface area contributed by atoms with Gasteiger partial charge in [0.2, 0.25) is 23.4 Å². The molecule has 2 aromatic heterocycles. The summed E-state index contributed by atoms with van der Waals surface area (Å²) in [4.78, 5) is 13.5. The van der Waals surface area contributed by atoms with Crippen LogP contribution in [0, 0.1) is 0 Å². The van der Waals surface area contributed by atoms with Gasteiger partial charge in [-0.2, -0.15) is 9.97 Å². The molecule has 0 spiro atoms. The van der Waals surface area contributed by atoms with Crippen molar-refractivity contribution in [2.45, 2.75) is 40.5 Å². The molecule has 0 aliphatic carbocycles.